The van der Waals surface area contributed by atoms with Crippen LogP contribution in [0.4, 0.5) is 0 Å². The number of benzene rings is 4. The van der Waals surface area contributed by atoms with Crippen LogP contribution in [0.5, 0.6) is 0 Å². The molecule has 0 amide bonds. The van der Waals surface area contributed by atoms with Crippen LogP contribution in [0.3, 0.4) is 0 Å². The molecule has 0 N–H and O–H groups in total. The largest absolute Gasteiger partial charge is 0.460 e. The van der Waals surface area contributed by atoms with Crippen LogP contribution >= 0.6 is 22.6 Å². The minimum Gasteiger partial charge on any atom is -0.460 e. The first-order valence-corrected chi connectivity index (χ1v) is 8.67. The lowest BCUT2D eigenvalue weighted by atomic mass is 9.92. The molecule has 0 atom stereocenters. The smallest absolute Gasteiger partial charge is 0.316 e. The zero-order valence-corrected chi connectivity index (χ0v) is 14.0. The van der Waals surface area contributed by atoms with E-state index in [0.29, 0.717) is 11.0 Å². The van der Waals surface area contributed by atoms with Crippen molar-refractivity contribution in [3.8, 4) is 0 Å². The fourth-order valence-electron chi connectivity index (χ4n) is 3.12. The highest BCUT2D eigenvalue weighted by Crippen LogP contribution is 2.35. The summed E-state index contributed by atoms with van der Waals surface area (Å²) in [4.78, 5) is 11.4. The van der Waals surface area contributed by atoms with Crippen molar-refractivity contribution in [3.05, 3.63) is 60.2 Å². The first-order chi connectivity index (χ1) is 10.8. The van der Waals surface area contributed by atoms with E-state index in [1.807, 2.05) is 22.6 Å². The number of esters is 1. The summed E-state index contributed by atoms with van der Waals surface area (Å²) in [5.41, 5.74) is 1.06. The third-order valence-corrected chi connectivity index (χ3v) is 4.74. The summed E-state index contributed by atoms with van der Waals surface area (Å²) in [6, 6.07) is 19.2. The molecule has 0 aromatic heterocycles. The molecule has 0 bridgehead atoms. The highest BCUT2D eigenvalue weighted by Gasteiger charge is 2.11. The highest BCUT2D eigenvalue weighted by atomic mass is 127. The molecule has 3 heteroatoms. The minimum absolute atomic E-state index is 0.175. The van der Waals surface area contributed by atoms with Gasteiger partial charge in [0, 0.05) is 0 Å². The SMILES string of the molecule is O=C(CI)OCc1ccc2ccc3cccc4ccc1c2c34. The Hall–Kier alpha value is -1.88. The fraction of sp³-hybridized carbons (Fsp3) is 0.105. The summed E-state index contributed by atoms with van der Waals surface area (Å²) in [5.74, 6) is -0.175. The molecule has 4 aromatic rings. The molecule has 0 saturated carbocycles. The Balaban J connectivity index is 1.98. The Morgan fingerprint density at radius 2 is 1.50 bits per heavy atom. The summed E-state index contributed by atoms with van der Waals surface area (Å²) in [6.07, 6.45) is 0. The van der Waals surface area contributed by atoms with Crippen LogP contribution in [0.2, 0.25) is 0 Å². The van der Waals surface area contributed by atoms with Crippen molar-refractivity contribution in [1.82, 2.24) is 0 Å². The van der Waals surface area contributed by atoms with Crippen LogP contribution in [-0.2, 0) is 16.1 Å². The molecule has 4 aromatic carbocycles. The Kier molecular flexibility index (Phi) is 3.37. The summed E-state index contributed by atoms with van der Waals surface area (Å²) in [7, 11) is 0. The molecule has 2 nitrogen and oxygen atoms in total. The van der Waals surface area contributed by atoms with Gasteiger partial charge in [-0.15, -0.1) is 0 Å². The molecule has 22 heavy (non-hydrogen) atoms. The summed E-state index contributed by atoms with van der Waals surface area (Å²) < 4.78 is 5.70. The van der Waals surface area contributed by atoms with E-state index in [0.717, 1.165) is 5.56 Å². The molecule has 0 aliphatic rings. The molecule has 4 rings (SSSR count). The molecule has 0 fully saturated rings. The molecule has 0 radical (unpaired) electrons. The van der Waals surface area contributed by atoms with Crippen LogP contribution in [0.25, 0.3) is 32.3 Å². The lowest BCUT2D eigenvalue weighted by Crippen LogP contribution is -2.05. The number of carbonyl (C=O) groups is 1. The average molecular weight is 400 g/mol. The van der Waals surface area contributed by atoms with E-state index in [-0.39, 0.29) is 5.97 Å². The van der Waals surface area contributed by atoms with Crippen LogP contribution in [-0.4, -0.2) is 10.4 Å². The van der Waals surface area contributed by atoms with Gasteiger partial charge >= 0.3 is 5.97 Å². The van der Waals surface area contributed by atoms with Crippen LogP contribution in [0.1, 0.15) is 5.56 Å². The number of halogens is 1. The van der Waals surface area contributed by atoms with Gasteiger partial charge in [-0.25, -0.2) is 0 Å². The minimum atomic E-state index is -0.175. The third-order valence-electron chi connectivity index (χ3n) is 4.12. The van der Waals surface area contributed by atoms with E-state index < -0.39 is 0 Å². The van der Waals surface area contributed by atoms with Gasteiger partial charge in [-0.2, -0.15) is 0 Å². The van der Waals surface area contributed by atoms with Crippen molar-refractivity contribution < 1.29 is 9.53 Å². The predicted molar refractivity (Wildman–Crippen MR) is 98.8 cm³/mol. The first kappa shape index (κ1) is 13.8. The number of alkyl halides is 1. The second-order valence-corrected chi connectivity index (χ2v) is 6.14. The van der Waals surface area contributed by atoms with Crippen LogP contribution in [0.15, 0.2) is 54.6 Å². The van der Waals surface area contributed by atoms with E-state index in [2.05, 4.69) is 54.6 Å². The van der Waals surface area contributed by atoms with Crippen LogP contribution < -0.4 is 0 Å². The number of rotatable bonds is 3. The summed E-state index contributed by atoms with van der Waals surface area (Å²) in [6.45, 7) is 0.329. The Morgan fingerprint density at radius 3 is 2.23 bits per heavy atom. The Morgan fingerprint density at radius 1 is 0.864 bits per heavy atom. The number of hydrogen-bond acceptors (Lipinski definition) is 2. The van der Waals surface area contributed by atoms with Gasteiger partial charge in [0.15, 0.2) is 0 Å². The highest BCUT2D eigenvalue weighted by molar-refractivity contribution is 14.1. The molecule has 0 unspecified atom stereocenters. The number of hydrogen-bond donors (Lipinski definition) is 0. The van der Waals surface area contributed by atoms with Gasteiger partial charge in [-0.1, -0.05) is 77.2 Å². The molecule has 0 spiro atoms. The van der Waals surface area contributed by atoms with Crippen molar-refractivity contribution in [2.45, 2.75) is 6.61 Å². The van der Waals surface area contributed by atoms with Gasteiger partial charge in [0.2, 0.25) is 0 Å². The molecular weight excluding hydrogens is 387 g/mol. The maximum absolute atomic E-state index is 11.4. The quantitative estimate of drug-likeness (QED) is 0.208. The zero-order valence-electron chi connectivity index (χ0n) is 11.8. The van der Waals surface area contributed by atoms with E-state index in [9.17, 15) is 4.79 Å². The van der Waals surface area contributed by atoms with E-state index >= 15 is 0 Å². The number of ether oxygens (including phenoxy) is 1. The van der Waals surface area contributed by atoms with Gasteiger partial charge in [0.05, 0.1) is 4.43 Å². The monoisotopic (exact) mass is 400 g/mol. The lowest BCUT2D eigenvalue weighted by Gasteiger charge is -2.13. The summed E-state index contributed by atoms with van der Waals surface area (Å²) >= 11 is 2.02. The molecule has 0 aliphatic heterocycles. The van der Waals surface area contributed by atoms with Crippen molar-refractivity contribution in [3.63, 3.8) is 0 Å². The summed E-state index contributed by atoms with van der Waals surface area (Å²) in [5, 5.41) is 7.44. The van der Waals surface area contributed by atoms with Gasteiger partial charge in [-0.3, -0.25) is 4.79 Å². The van der Waals surface area contributed by atoms with E-state index in [1.165, 1.54) is 32.3 Å². The maximum Gasteiger partial charge on any atom is 0.316 e. The average Bonchev–Trinajstić information content (AvgIpc) is 2.58. The maximum atomic E-state index is 11.4. The zero-order chi connectivity index (χ0) is 15.1. The molecule has 108 valence electrons. The van der Waals surface area contributed by atoms with E-state index in [4.69, 9.17) is 4.74 Å². The van der Waals surface area contributed by atoms with Crippen molar-refractivity contribution in [1.29, 1.82) is 0 Å². The standard InChI is InChI=1S/C19H13IO2/c20-10-17(21)22-11-15-7-6-14-5-4-12-2-1-3-13-8-9-16(15)19(14)18(12)13/h1-9H,10-11H2. The Labute approximate surface area is 141 Å². The predicted octanol–water partition coefficient (Wildman–Crippen LogP) is 5.06. The second-order valence-electron chi connectivity index (χ2n) is 5.38. The van der Waals surface area contributed by atoms with Gasteiger partial charge < -0.3 is 4.74 Å². The number of carbonyl (C=O) groups excluding carboxylic acids is 1. The van der Waals surface area contributed by atoms with Gasteiger partial charge in [0.1, 0.15) is 6.61 Å². The molecule has 0 heterocycles. The van der Waals surface area contributed by atoms with Crippen molar-refractivity contribution in [2.24, 2.45) is 0 Å². The molecule has 0 saturated heterocycles. The van der Waals surface area contributed by atoms with Crippen molar-refractivity contribution in [2.75, 3.05) is 4.43 Å². The first-order valence-electron chi connectivity index (χ1n) is 7.15. The second kappa shape index (κ2) is 5.39. The topological polar surface area (TPSA) is 26.3 Å². The molecule has 0 aliphatic carbocycles. The normalized spacial score (nSPS) is 11.5. The Bertz CT molecular complexity index is 975. The van der Waals surface area contributed by atoms with E-state index in [1.54, 1.807) is 0 Å². The molecular formula is C19H13IO2. The van der Waals surface area contributed by atoms with Crippen molar-refractivity contribution >= 4 is 60.9 Å². The van der Waals surface area contributed by atoms with Crippen LogP contribution in [0, 0.1) is 0 Å². The van der Waals surface area contributed by atoms with Gasteiger partial charge in [0.25, 0.3) is 0 Å². The van der Waals surface area contributed by atoms with Gasteiger partial charge in [-0.05, 0) is 37.9 Å². The third kappa shape index (κ3) is 2.11. The lowest BCUT2D eigenvalue weighted by molar-refractivity contribution is -0.141. The fourth-order valence-corrected chi connectivity index (χ4v) is 3.34.